The summed E-state index contributed by atoms with van der Waals surface area (Å²) >= 11 is 0. The number of rotatable bonds is 0. The first-order chi connectivity index (χ1) is 12.1. The fourth-order valence-corrected chi connectivity index (χ4v) is 6.15. The molecule has 0 spiro atoms. The highest BCUT2D eigenvalue weighted by Gasteiger charge is 2.78. The van der Waals surface area contributed by atoms with Gasteiger partial charge in [0.15, 0.2) is 0 Å². The lowest BCUT2D eigenvalue weighted by molar-refractivity contribution is -0.123. The third-order valence-corrected chi connectivity index (χ3v) is 7.11. The highest BCUT2D eigenvalue weighted by molar-refractivity contribution is 5.71. The fraction of sp³-hybridized carbons (Fsp3) is 0.217. The van der Waals surface area contributed by atoms with Crippen molar-refractivity contribution in [2.75, 3.05) is 0 Å². The molecule has 0 fully saturated rings. The van der Waals surface area contributed by atoms with E-state index in [1.807, 2.05) is 60.7 Å². The fourth-order valence-electron chi connectivity index (χ4n) is 6.15. The van der Waals surface area contributed by atoms with Crippen LogP contribution in [-0.2, 0) is 11.2 Å². The number of hydrogen-bond acceptors (Lipinski definition) is 2. The van der Waals surface area contributed by atoms with Crippen LogP contribution in [0.15, 0.2) is 72.8 Å². The predicted octanol–water partition coefficient (Wildman–Crippen LogP) is 3.64. The quantitative estimate of drug-likeness (QED) is 0.662. The summed E-state index contributed by atoms with van der Waals surface area (Å²) in [5.74, 6) is -0.0256. The monoisotopic (exact) mass is 326 g/mol. The van der Waals surface area contributed by atoms with Gasteiger partial charge in [-0.25, -0.2) is 0 Å². The maximum absolute atomic E-state index is 12.2. The first kappa shape index (κ1) is 13.8. The second-order valence-electron chi connectivity index (χ2n) is 7.78. The molecule has 0 aliphatic heterocycles. The molecule has 25 heavy (non-hydrogen) atoms. The van der Waals surface area contributed by atoms with Gasteiger partial charge in [0.05, 0.1) is 5.41 Å². The summed E-state index contributed by atoms with van der Waals surface area (Å²) in [5.41, 5.74) is 2.65. The zero-order chi connectivity index (χ0) is 17.0. The summed E-state index contributed by atoms with van der Waals surface area (Å²) < 4.78 is 0. The Morgan fingerprint density at radius 3 is 1.40 bits per heavy atom. The van der Waals surface area contributed by atoms with Crippen LogP contribution in [0.5, 0.6) is 0 Å². The first-order valence-corrected chi connectivity index (χ1v) is 8.80. The van der Waals surface area contributed by atoms with E-state index in [0.717, 1.165) is 33.4 Å². The average Bonchev–Trinajstić information content (AvgIpc) is 3.07. The minimum absolute atomic E-state index is 0.0256. The van der Waals surface area contributed by atoms with Gasteiger partial charge in [-0.1, -0.05) is 79.7 Å². The predicted molar refractivity (Wildman–Crippen MR) is 95.3 cm³/mol. The summed E-state index contributed by atoms with van der Waals surface area (Å²) in [6.07, 6.45) is 0. The van der Waals surface area contributed by atoms with Crippen molar-refractivity contribution in [3.63, 3.8) is 0 Å². The van der Waals surface area contributed by atoms with Crippen LogP contribution in [0.3, 0.4) is 0 Å². The topological polar surface area (TPSA) is 40.5 Å². The van der Waals surface area contributed by atoms with Crippen molar-refractivity contribution in [2.24, 2.45) is 5.41 Å². The molecule has 2 nitrogen and oxygen atoms in total. The molecule has 0 aromatic heterocycles. The lowest BCUT2D eigenvalue weighted by Crippen LogP contribution is -2.48. The van der Waals surface area contributed by atoms with Crippen molar-refractivity contribution in [2.45, 2.75) is 24.0 Å². The van der Waals surface area contributed by atoms with Crippen LogP contribution < -0.4 is 0 Å². The zero-order valence-electron chi connectivity index (χ0n) is 13.9. The molecule has 122 valence electrons. The number of hydrogen-bond donors (Lipinski definition) is 2. The van der Waals surface area contributed by atoms with Crippen LogP contribution in [0.4, 0.5) is 0 Å². The molecular formula is C23H18O2. The van der Waals surface area contributed by atoms with Crippen molar-refractivity contribution < 1.29 is 10.2 Å². The molecule has 2 unspecified atom stereocenters. The molecule has 0 saturated heterocycles. The summed E-state index contributed by atoms with van der Waals surface area (Å²) in [6, 6.07) is 24.1. The van der Waals surface area contributed by atoms with Gasteiger partial charge < -0.3 is 10.2 Å². The molecule has 0 bridgehead atoms. The van der Waals surface area contributed by atoms with Crippen LogP contribution in [0.2, 0.25) is 0 Å². The van der Waals surface area contributed by atoms with E-state index in [1.165, 1.54) is 0 Å². The lowest BCUT2D eigenvalue weighted by Gasteiger charge is -2.42. The van der Waals surface area contributed by atoms with Crippen molar-refractivity contribution >= 4 is 0 Å². The average molecular weight is 326 g/mol. The van der Waals surface area contributed by atoms with E-state index in [1.54, 1.807) is 0 Å². The number of fused-ring (bicyclic) bond motifs is 9. The zero-order valence-corrected chi connectivity index (χ0v) is 13.9. The molecule has 3 aliphatic carbocycles. The Morgan fingerprint density at radius 1 is 0.600 bits per heavy atom. The molecule has 3 aliphatic rings. The smallest absolute Gasteiger partial charge is 0.125 e. The second kappa shape index (κ2) is 3.87. The third-order valence-electron chi connectivity index (χ3n) is 7.11. The molecule has 2 N–H and O–H groups in total. The van der Waals surface area contributed by atoms with E-state index in [2.05, 4.69) is 19.1 Å². The minimum Gasteiger partial charge on any atom is -0.380 e. The molecular weight excluding hydrogens is 308 g/mol. The molecule has 4 atom stereocenters. The van der Waals surface area contributed by atoms with Crippen molar-refractivity contribution in [3.8, 4) is 0 Å². The maximum atomic E-state index is 12.2. The number of benzene rings is 3. The van der Waals surface area contributed by atoms with Gasteiger partial charge in [0, 0.05) is 5.92 Å². The van der Waals surface area contributed by atoms with Gasteiger partial charge in [0.25, 0.3) is 0 Å². The minimum atomic E-state index is -1.20. The van der Waals surface area contributed by atoms with Crippen LogP contribution in [0.25, 0.3) is 0 Å². The molecule has 0 heterocycles. The first-order valence-electron chi connectivity index (χ1n) is 8.80. The Morgan fingerprint density at radius 2 is 0.960 bits per heavy atom. The van der Waals surface area contributed by atoms with Gasteiger partial charge in [-0.2, -0.15) is 0 Å². The van der Waals surface area contributed by atoms with Crippen LogP contribution >= 0.6 is 0 Å². The molecule has 0 radical (unpaired) electrons. The Balaban J connectivity index is 1.89. The molecule has 3 aromatic rings. The van der Waals surface area contributed by atoms with E-state index >= 15 is 0 Å². The van der Waals surface area contributed by atoms with Crippen molar-refractivity contribution in [3.05, 3.63) is 106 Å². The van der Waals surface area contributed by atoms with Gasteiger partial charge in [-0.3, -0.25) is 0 Å². The highest BCUT2D eigenvalue weighted by atomic mass is 16.3. The number of aliphatic hydroxyl groups is 2. The molecule has 0 amide bonds. The van der Waals surface area contributed by atoms with Crippen LogP contribution in [-0.4, -0.2) is 10.2 Å². The normalized spacial score (nSPS) is 35.9. The van der Waals surface area contributed by atoms with Crippen molar-refractivity contribution in [1.29, 1.82) is 0 Å². The maximum Gasteiger partial charge on any atom is 0.125 e. The molecule has 0 saturated carbocycles. The van der Waals surface area contributed by atoms with E-state index in [0.29, 0.717) is 0 Å². The summed E-state index contributed by atoms with van der Waals surface area (Å²) in [6.45, 7) is 2.05. The molecule has 2 heteroatoms. The third kappa shape index (κ3) is 1.10. The van der Waals surface area contributed by atoms with Crippen LogP contribution in [0, 0.1) is 5.41 Å². The van der Waals surface area contributed by atoms with E-state index in [-0.39, 0.29) is 5.92 Å². The van der Waals surface area contributed by atoms with Gasteiger partial charge >= 0.3 is 0 Å². The Kier molecular flexibility index (Phi) is 2.14. The van der Waals surface area contributed by atoms with Crippen LogP contribution in [0.1, 0.15) is 46.2 Å². The van der Waals surface area contributed by atoms with Gasteiger partial charge in [-0.05, 0) is 33.4 Å². The SMILES string of the molecule is CC12C3c4ccccc4[C@@]1(O)c1ccccc1[C@@]2(O)c1ccccc13. The van der Waals surface area contributed by atoms with E-state index in [4.69, 9.17) is 0 Å². The lowest BCUT2D eigenvalue weighted by atomic mass is 9.65. The standard InChI is InChI=1S/C23H18O2/c1-21-20-14-8-2-4-10-16(14)22(21,24)18-12-6-7-13-19(18)23(21,25)17-11-5-3-9-15(17)20/h2-13,20,24-25H,1H3/t20?,21?,22-,23+. The Labute approximate surface area is 146 Å². The van der Waals surface area contributed by atoms with E-state index in [9.17, 15) is 10.2 Å². The summed E-state index contributed by atoms with van der Waals surface area (Å²) in [5, 5.41) is 24.3. The van der Waals surface area contributed by atoms with Gasteiger partial charge in [0.2, 0.25) is 0 Å². The summed E-state index contributed by atoms with van der Waals surface area (Å²) in [4.78, 5) is 0. The molecule has 3 aromatic carbocycles. The Hall–Kier alpha value is -2.42. The largest absolute Gasteiger partial charge is 0.380 e. The highest BCUT2D eigenvalue weighted by Crippen LogP contribution is 2.78. The van der Waals surface area contributed by atoms with Gasteiger partial charge in [-0.15, -0.1) is 0 Å². The second-order valence-corrected chi connectivity index (χ2v) is 7.78. The van der Waals surface area contributed by atoms with E-state index < -0.39 is 16.6 Å². The summed E-state index contributed by atoms with van der Waals surface area (Å²) in [7, 11) is 0. The molecule has 6 rings (SSSR count). The Bertz CT molecular complexity index is 988. The van der Waals surface area contributed by atoms with Gasteiger partial charge in [0.1, 0.15) is 11.2 Å². The van der Waals surface area contributed by atoms with Crippen molar-refractivity contribution in [1.82, 2.24) is 0 Å².